The molecule has 0 aliphatic heterocycles. The molecule has 0 unspecified atom stereocenters. The molecule has 25 heavy (non-hydrogen) atoms. The Morgan fingerprint density at radius 2 is 1.96 bits per heavy atom. The summed E-state index contributed by atoms with van der Waals surface area (Å²) < 4.78 is 5.14. The Bertz CT molecular complexity index is 741. The van der Waals surface area contributed by atoms with Gasteiger partial charge in [0.25, 0.3) is 0 Å². The van der Waals surface area contributed by atoms with Crippen LogP contribution in [0.3, 0.4) is 0 Å². The van der Waals surface area contributed by atoms with Gasteiger partial charge in [-0.1, -0.05) is 16.8 Å². The third-order valence-electron chi connectivity index (χ3n) is 3.79. The van der Waals surface area contributed by atoms with Crippen molar-refractivity contribution in [2.24, 2.45) is 5.41 Å². The molecular weight excluding hydrogens is 346 g/mol. The summed E-state index contributed by atoms with van der Waals surface area (Å²) in [5, 5.41) is 16.2. The van der Waals surface area contributed by atoms with Gasteiger partial charge in [-0.25, -0.2) is 0 Å². The molecule has 8 heteroatoms. The van der Waals surface area contributed by atoms with E-state index in [2.05, 4.69) is 15.5 Å². The fraction of sp³-hybridized carbons (Fsp3) is 0.412. The highest BCUT2D eigenvalue weighted by Crippen LogP contribution is 2.20. The summed E-state index contributed by atoms with van der Waals surface area (Å²) in [5.41, 5.74) is -0.0903. The minimum atomic E-state index is -0.887. The van der Waals surface area contributed by atoms with E-state index >= 15 is 0 Å². The van der Waals surface area contributed by atoms with Crippen molar-refractivity contribution >= 4 is 23.5 Å². The summed E-state index contributed by atoms with van der Waals surface area (Å²) in [6.07, 6.45) is 0.861. The van der Waals surface area contributed by atoms with Gasteiger partial charge in [0.05, 0.1) is 5.41 Å². The monoisotopic (exact) mass is 365 g/mol. The molecule has 134 valence electrons. The average molecular weight is 366 g/mol. The number of aryl methyl sites for hydroxylation is 1. The molecule has 7 nitrogen and oxygen atoms in total. The molecule has 0 atom stereocenters. The molecule has 2 N–H and O–H groups in total. The lowest BCUT2D eigenvalue weighted by Crippen LogP contribution is -2.32. The van der Waals surface area contributed by atoms with Gasteiger partial charge >= 0.3 is 5.97 Å². The van der Waals surface area contributed by atoms with Gasteiger partial charge in [-0.3, -0.25) is 9.59 Å². The Kier molecular flexibility index (Phi) is 6.14. The van der Waals surface area contributed by atoms with E-state index in [1.54, 1.807) is 38.1 Å². The molecule has 0 aliphatic rings. The van der Waals surface area contributed by atoms with Crippen LogP contribution in [-0.2, 0) is 16.0 Å². The minimum Gasteiger partial charge on any atom is -0.481 e. The molecule has 0 bridgehead atoms. The number of carbonyl (C=O) groups is 2. The zero-order chi connectivity index (χ0) is 18.4. The van der Waals surface area contributed by atoms with E-state index in [9.17, 15) is 9.59 Å². The SMILES string of the molecule is CC(C)(CCNC(=O)CCc1nc(-c2ccc(Cl)cc2)no1)C(=O)O. The first-order chi connectivity index (χ1) is 11.8. The predicted octanol–water partition coefficient (Wildman–Crippen LogP) is 2.94. The van der Waals surface area contributed by atoms with Crippen LogP contribution >= 0.6 is 11.6 Å². The van der Waals surface area contributed by atoms with Crippen LogP contribution in [0.5, 0.6) is 0 Å². The zero-order valence-electron chi connectivity index (χ0n) is 14.1. The van der Waals surface area contributed by atoms with E-state index in [1.165, 1.54) is 0 Å². The number of hydrogen-bond donors (Lipinski definition) is 2. The number of nitrogens with one attached hydrogen (secondary N) is 1. The van der Waals surface area contributed by atoms with Gasteiger partial charge in [-0.15, -0.1) is 0 Å². The highest BCUT2D eigenvalue weighted by atomic mass is 35.5. The molecule has 0 fully saturated rings. The summed E-state index contributed by atoms with van der Waals surface area (Å²) in [6.45, 7) is 3.55. The number of aliphatic carboxylic acids is 1. The van der Waals surface area contributed by atoms with E-state index in [4.69, 9.17) is 21.2 Å². The minimum absolute atomic E-state index is 0.188. The molecule has 1 heterocycles. The highest BCUT2D eigenvalue weighted by Gasteiger charge is 2.26. The lowest BCUT2D eigenvalue weighted by atomic mass is 9.90. The maximum absolute atomic E-state index is 11.8. The van der Waals surface area contributed by atoms with Crippen LogP contribution in [0.15, 0.2) is 28.8 Å². The van der Waals surface area contributed by atoms with Crippen molar-refractivity contribution in [2.75, 3.05) is 6.54 Å². The number of carboxylic acids is 1. The quantitative estimate of drug-likeness (QED) is 0.745. The smallest absolute Gasteiger partial charge is 0.309 e. The molecule has 2 aromatic rings. The van der Waals surface area contributed by atoms with Crippen LogP contribution < -0.4 is 5.32 Å². The summed E-state index contributed by atoms with van der Waals surface area (Å²) in [7, 11) is 0. The second-order valence-corrected chi connectivity index (χ2v) is 6.74. The summed E-state index contributed by atoms with van der Waals surface area (Å²) in [4.78, 5) is 27.1. The van der Waals surface area contributed by atoms with Gasteiger partial charge in [0, 0.05) is 30.0 Å². The van der Waals surface area contributed by atoms with Crippen molar-refractivity contribution in [3.8, 4) is 11.4 Å². The Morgan fingerprint density at radius 1 is 1.28 bits per heavy atom. The van der Waals surface area contributed by atoms with Crippen LogP contribution in [0.1, 0.15) is 32.6 Å². The molecule has 0 saturated carbocycles. The average Bonchev–Trinajstić information content (AvgIpc) is 3.02. The van der Waals surface area contributed by atoms with Crippen molar-refractivity contribution < 1.29 is 19.2 Å². The maximum Gasteiger partial charge on any atom is 0.309 e. The van der Waals surface area contributed by atoms with Crippen molar-refractivity contribution in [2.45, 2.75) is 33.1 Å². The van der Waals surface area contributed by atoms with Gasteiger partial charge in [0.1, 0.15) is 0 Å². The van der Waals surface area contributed by atoms with E-state index in [0.717, 1.165) is 5.56 Å². The fourth-order valence-electron chi connectivity index (χ4n) is 2.00. The van der Waals surface area contributed by atoms with Gasteiger partial charge < -0.3 is 14.9 Å². The van der Waals surface area contributed by atoms with Gasteiger partial charge in [0.2, 0.25) is 17.6 Å². The number of carboxylic acid groups (broad SMARTS) is 1. The molecule has 0 radical (unpaired) electrons. The van der Waals surface area contributed by atoms with Crippen molar-refractivity contribution in [1.82, 2.24) is 15.5 Å². The third kappa shape index (κ3) is 5.56. The maximum atomic E-state index is 11.8. The van der Waals surface area contributed by atoms with E-state index in [1.807, 2.05) is 0 Å². The Hall–Kier alpha value is -2.41. The van der Waals surface area contributed by atoms with Crippen LogP contribution in [0, 0.1) is 5.41 Å². The Labute approximate surface area is 150 Å². The number of nitrogens with zero attached hydrogens (tertiary/aromatic N) is 2. The number of benzene rings is 1. The Morgan fingerprint density at radius 3 is 2.60 bits per heavy atom. The third-order valence-corrected chi connectivity index (χ3v) is 4.04. The first kappa shape index (κ1) is 18.9. The summed E-state index contributed by atoms with van der Waals surface area (Å²) in [6, 6.07) is 7.04. The fourth-order valence-corrected chi connectivity index (χ4v) is 2.13. The van der Waals surface area contributed by atoms with Crippen molar-refractivity contribution in [1.29, 1.82) is 0 Å². The normalized spacial score (nSPS) is 11.3. The number of rotatable bonds is 8. The Balaban J connectivity index is 1.79. The highest BCUT2D eigenvalue weighted by molar-refractivity contribution is 6.30. The first-order valence-electron chi connectivity index (χ1n) is 7.86. The molecular formula is C17H20ClN3O4. The molecule has 2 rings (SSSR count). The number of carbonyl (C=O) groups excluding carboxylic acids is 1. The number of amides is 1. The number of hydrogen-bond acceptors (Lipinski definition) is 5. The van der Waals surface area contributed by atoms with Crippen LogP contribution in [0.2, 0.25) is 5.02 Å². The zero-order valence-corrected chi connectivity index (χ0v) is 14.8. The predicted molar refractivity (Wildman–Crippen MR) is 92.1 cm³/mol. The first-order valence-corrected chi connectivity index (χ1v) is 8.24. The van der Waals surface area contributed by atoms with Crippen LogP contribution in [-0.4, -0.2) is 33.7 Å². The summed E-state index contributed by atoms with van der Waals surface area (Å²) >= 11 is 5.83. The standard InChI is InChI=1S/C17H20ClN3O4/c1-17(2,16(23)24)9-10-19-13(22)7-8-14-20-15(21-25-14)11-3-5-12(18)6-4-11/h3-6H,7-10H2,1-2H3,(H,19,22)(H,23,24). The number of aromatic nitrogens is 2. The van der Waals surface area contributed by atoms with Gasteiger partial charge in [-0.05, 0) is 44.5 Å². The van der Waals surface area contributed by atoms with Crippen LogP contribution in [0.4, 0.5) is 0 Å². The van der Waals surface area contributed by atoms with E-state index < -0.39 is 11.4 Å². The van der Waals surface area contributed by atoms with Gasteiger partial charge in [0.15, 0.2) is 0 Å². The molecule has 1 aromatic heterocycles. The molecule has 0 aliphatic carbocycles. The topological polar surface area (TPSA) is 105 Å². The van der Waals surface area contributed by atoms with Crippen molar-refractivity contribution in [3.63, 3.8) is 0 Å². The molecule has 0 saturated heterocycles. The second-order valence-electron chi connectivity index (χ2n) is 6.31. The summed E-state index contributed by atoms with van der Waals surface area (Å²) in [5.74, 6) is -0.268. The van der Waals surface area contributed by atoms with Crippen LogP contribution in [0.25, 0.3) is 11.4 Å². The molecule has 0 spiro atoms. The largest absolute Gasteiger partial charge is 0.481 e. The second kappa shape index (κ2) is 8.11. The molecule has 1 amide bonds. The van der Waals surface area contributed by atoms with E-state index in [-0.39, 0.29) is 12.3 Å². The lowest BCUT2D eigenvalue weighted by molar-refractivity contribution is -0.147. The van der Waals surface area contributed by atoms with E-state index in [0.29, 0.717) is 36.1 Å². The number of halogens is 1. The van der Waals surface area contributed by atoms with Crippen molar-refractivity contribution in [3.05, 3.63) is 35.2 Å². The van der Waals surface area contributed by atoms with Gasteiger partial charge in [-0.2, -0.15) is 4.98 Å². The lowest BCUT2D eigenvalue weighted by Gasteiger charge is -2.18. The molecule has 1 aromatic carbocycles.